The van der Waals surface area contributed by atoms with Crippen molar-refractivity contribution in [3.05, 3.63) is 64.8 Å². The number of halogens is 1. The molecule has 6 heteroatoms. The van der Waals surface area contributed by atoms with Gasteiger partial charge in [0.25, 0.3) is 5.91 Å². The molecule has 4 rings (SSSR count). The minimum atomic E-state index is -0.0221. The highest BCUT2D eigenvalue weighted by molar-refractivity contribution is 9.10. The molecule has 5 nitrogen and oxygen atoms in total. The van der Waals surface area contributed by atoms with Gasteiger partial charge in [0, 0.05) is 34.8 Å². The molecular formula is C20H18BrN3O2. The van der Waals surface area contributed by atoms with E-state index < -0.39 is 0 Å². The SMILES string of the molecule is O=C(c1cnc2ccccc2c1Nc1ccc(Br)cc1)N1CCOCC1. The van der Waals surface area contributed by atoms with Crippen molar-refractivity contribution in [1.29, 1.82) is 0 Å². The number of hydrogen-bond donors (Lipinski definition) is 1. The molecule has 0 atom stereocenters. The number of amides is 1. The Labute approximate surface area is 160 Å². The Hall–Kier alpha value is -2.44. The van der Waals surface area contributed by atoms with E-state index in [1.165, 1.54) is 0 Å². The van der Waals surface area contributed by atoms with Crippen molar-refractivity contribution in [3.63, 3.8) is 0 Å². The third-order valence-electron chi connectivity index (χ3n) is 4.42. The molecule has 1 N–H and O–H groups in total. The van der Waals surface area contributed by atoms with Gasteiger partial charge >= 0.3 is 0 Å². The van der Waals surface area contributed by atoms with Gasteiger partial charge in [-0.15, -0.1) is 0 Å². The highest BCUT2D eigenvalue weighted by atomic mass is 79.9. The number of carbonyl (C=O) groups is 1. The van der Waals surface area contributed by atoms with Crippen LogP contribution in [0, 0.1) is 0 Å². The third-order valence-corrected chi connectivity index (χ3v) is 4.95. The minimum absolute atomic E-state index is 0.0221. The molecule has 1 aliphatic rings. The van der Waals surface area contributed by atoms with E-state index >= 15 is 0 Å². The van der Waals surface area contributed by atoms with Crippen LogP contribution in [0.15, 0.2) is 59.2 Å². The van der Waals surface area contributed by atoms with E-state index in [0.29, 0.717) is 31.9 Å². The predicted molar refractivity (Wildman–Crippen MR) is 106 cm³/mol. The van der Waals surface area contributed by atoms with Gasteiger partial charge in [-0.1, -0.05) is 34.1 Å². The summed E-state index contributed by atoms with van der Waals surface area (Å²) < 4.78 is 6.37. The predicted octanol–water partition coefficient (Wildman–Crippen LogP) is 4.21. The molecule has 26 heavy (non-hydrogen) atoms. The summed E-state index contributed by atoms with van der Waals surface area (Å²) in [6.07, 6.45) is 1.67. The van der Waals surface area contributed by atoms with Gasteiger partial charge in [-0.05, 0) is 30.3 Å². The first-order valence-corrected chi connectivity index (χ1v) is 9.29. The van der Waals surface area contributed by atoms with Crippen molar-refractivity contribution < 1.29 is 9.53 Å². The van der Waals surface area contributed by atoms with Crippen molar-refractivity contribution >= 4 is 44.1 Å². The van der Waals surface area contributed by atoms with Gasteiger partial charge in [0.1, 0.15) is 0 Å². The summed E-state index contributed by atoms with van der Waals surface area (Å²) in [4.78, 5) is 19.4. The van der Waals surface area contributed by atoms with E-state index in [2.05, 4.69) is 26.2 Å². The maximum absolute atomic E-state index is 13.1. The van der Waals surface area contributed by atoms with Gasteiger partial charge in [-0.2, -0.15) is 0 Å². The van der Waals surface area contributed by atoms with Gasteiger partial charge in [0.15, 0.2) is 0 Å². The first-order chi connectivity index (χ1) is 12.7. The Balaban J connectivity index is 1.78. The molecule has 3 aromatic rings. The van der Waals surface area contributed by atoms with Crippen LogP contribution in [-0.4, -0.2) is 42.1 Å². The largest absolute Gasteiger partial charge is 0.378 e. The average Bonchev–Trinajstić information content (AvgIpc) is 2.70. The molecular weight excluding hydrogens is 394 g/mol. The molecule has 1 aromatic heterocycles. The van der Waals surface area contributed by atoms with Crippen molar-refractivity contribution in [2.45, 2.75) is 0 Å². The van der Waals surface area contributed by atoms with E-state index in [0.717, 1.165) is 26.8 Å². The van der Waals surface area contributed by atoms with E-state index in [1.54, 1.807) is 6.20 Å². The number of nitrogens with one attached hydrogen (secondary N) is 1. The lowest BCUT2D eigenvalue weighted by molar-refractivity contribution is 0.0303. The molecule has 0 spiro atoms. The summed E-state index contributed by atoms with van der Waals surface area (Å²) in [5.41, 5.74) is 3.13. The molecule has 2 heterocycles. The van der Waals surface area contributed by atoms with Crippen LogP contribution in [0.4, 0.5) is 11.4 Å². The summed E-state index contributed by atoms with van der Waals surface area (Å²) >= 11 is 3.45. The van der Waals surface area contributed by atoms with Crippen LogP contribution in [0.3, 0.4) is 0 Å². The zero-order valence-corrected chi connectivity index (χ0v) is 15.7. The number of carbonyl (C=O) groups excluding carboxylic acids is 1. The molecule has 132 valence electrons. The van der Waals surface area contributed by atoms with Gasteiger partial charge in [-0.3, -0.25) is 9.78 Å². The summed E-state index contributed by atoms with van der Waals surface area (Å²) in [5, 5.41) is 4.35. The minimum Gasteiger partial charge on any atom is -0.378 e. The van der Waals surface area contributed by atoms with Crippen LogP contribution in [-0.2, 0) is 4.74 Å². The van der Waals surface area contributed by atoms with Crippen LogP contribution in [0.1, 0.15) is 10.4 Å². The Kier molecular flexibility index (Phi) is 4.86. The molecule has 0 unspecified atom stereocenters. The van der Waals surface area contributed by atoms with Crippen LogP contribution >= 0.6 is 15.9 Å². The Morgan fingerprint density at radius 2 is 1.81 bits per heavy atom. The fourth-order valence-corrected chi connectivity index (χ4v) is 3.32. The number of hydrogen-bond acceptors (Lipinski definition) is 4. The van der Waals surface area contributed by atoms with E-state index in [9.17, 15) is 4.79 Å². The molecule has 2 aromatic carbocycles. The fourth-order valence-electron chi connectivity index (χ4n) is 3.05. The molecule has 0 radical (unpaired) electrons. The number of morpholine rings is 1. The lowest BCUT2D eigenvalue weighted by atomic mass is 10.1. The van der Waals surface area contributed by atoms with Gasteiger partial charge in [-0.25, -0.2) is 0 Å². The summed E-state index contributed by atoms with van der Waals surface area (Å²) in [7, 11) is 0. The van der Waals surface area contributed by atoms with Crippen molar-refractivity contribution in [2.75, 3.05) is 31.6 Å². The van der Waals surface area contributed by atoms with Gasteiger partial charge < -0.3 is 15.0 Å². The lowest BCUT2D eigenvalue weighted by Gasteiger charge is -2.27. The molecule has 1 amide bonds. The Morgan fingerprint density at radius 1 is 1.08 bits per heavy atom. The molecule has 0 aliphatic carbocycles. The number of benzene rings is 2. The van der Waals surface area contributed by atoms with Crippen molar-refractivity contribution in [3.8, 4) is 0 Å². The third kappa shape index (κ3) is 3.43. The Morgan fingerprint density at radius 3 is 2.58 bits per heavy atom. The second kappa shape index (κ2) is 7.43. The van der Waals surface area contributed by atoms with Crippen molar-refractivity contribution in [2.24, 2.45) is 0 Å². The fraction of sp³-hybridized carbons (Fsp3) is 0.200. The highest BCUT2D eigenvalue weighted by Crippen LogP contribution is 2.30. The molecule has 1 saturated heterocycles. The number of pyridine rings is 1. The maximum Gasteiger partial charge on any atom is 0.257 e. The molecule has 0 saturated carbocycles. The monoisotopic (exact) mass is 411 g/mol. The molecule has 0 bridgehead atoms. The standard InChI is InChI=1S/C20H18BrN3O2/c21-14-5-7-15(8-6-14)23-19-16-3-1-2-4-18(16)22-13-17(19)20(25)24-9-11-26-12-10-24/h1-8,13H,9-12H2,(H,22,23). The lowest BCUT2D eigenvalue weighted by Crippen LogP contribution is -2.41. The Bertz CT molecular complexity index is 937. The van der Waals surface area contributed by atoms with E-state index in [4.69, 9.17) is 4.74 Å². The summed E-state index contributed by atoms with van der Waals surface area (Å²) in [6, 6.07) is 15.7. The number of anilines is 2. The number of nitrogens with zero attached hydrogens (tertiary/aromatic N) is 2. The zero-order chi connectivity index (χ0) is 17.9. The second-order valence-electron chi connectivity index (χ2n) is 6.10. The zero-order valence-electron chi connectivity index (χ0n) is 14.1. The molecule has 1 aliphatic heterocycles. The van der Waals surface area contributed by atoms with Gasteiger partial charge in [0.05, 0.1) is 30.0 Å². The number of aromatic nitrogens is 1. The van der Waals surface area contributed by atoms with Crippen molar-refractivity contribution in [1.82, 2.24) is 9.88 Å². The first kappa shape index (κ1) is 17.0. The maximum atomic E-state index is 13.1. The quantitative estimate of drug-likeness (QED) is 0.700. The first-order valence-electron chi connectivity index (χ1n) is 8.50. The topological polar surface area (TPSA) is 54.5 Å². The van der Waals surface area contributed by atoms with Crippen LogP contribution in [0.5, 0.6) is 0 Å². The normalized spacial score (nSPS) is 14.4. The highest BCUT2D eigenvalue weighted by Gasteiger charge is 2.23. The number of para-hydroxylation sites is 1. The van der Waals surface area contributed by atoms with Crippen LogP contribution < -0.4 is 5.32 Å². The molecule has 1 fully saturated rings. The van der Waals surface area contributed by atoms with E-state index in [1.807, 2.05) is 53.4 Å². The summed E-state index contributed by atoms with van der Waals surface area (Å²) in [6.45, 7) is 2.34. The smallest absolute Gasteiger partial charge is 0.257 e. The van der Waals surface area contributed by atoms with E-state index in [-0.39, 0.29) is 5.91 Å². The number of rotatable bonds is 3. The number of fused-ring (bicyclic) bond motifs is 1. The van der Waals surface area contributed by atoms with Crippen LogP contribution in [0.2, 0.25) is 0 Å². The number of ether oxygens (including phenoxy) is 1. The average molecular weight is 412 g/mol. The van der Waals surface area contributed by atoms with Gasteiger partial charge in [0.2, 0.25) is 0 Å². The summed E-state index contributed by atoms with van der Waals surface area (Å²) in [5.74, 6) is -0.0221. The second-order valence-corrected chi connectivity index (χ2v) is 7.02. The van der Waals surface area contributed by atoms with Crippen LogP contribution in [0.25, 0.3) is 10.9 Å².